The van der Waals surface area contributed by atoms with Crippen molar-refractivity contribution in [1.82, 2.24) is 10.2 Å². The topological polar surface area (TPSA) is 75.4 Å². The minimum absolute atomic E-state index is 0.0355. The zero-order chi connectivity index (χ0) is 20.6. The quantitative estimate of drug-likeness (QED) is 0.749. The van der Waals surface area contributed by atoms with Crippen LogP contribution in [0.5, 0.6) is 0 Å². The van der Waals surface area contributed by atoms with Crippen molar-refractivity contribution < 1.29 is 22.8 Å². The van der Waals surface area contributed by atoms with E-state index in [1.165, 1.54) is 6.92 Å². The van der Waals surface area contributed by atoms with Crippen molar-refractivity contribution in [3.63, 3.8) is 0 Å². The first-order chi connectivity index (χ1) is 13.2. The van der Waals surface area contributed by atoms with Gasteiger partial charge in [-0.3, -0.25) is 9.59 Å². The molecule has 8 heteroatoms. The number of carbonyl (C=O) groups is 2. The van der Waals surface area contributed by atoms with Gasteiger partial charge in [0.25, 0.3) is 0 Å². The molecule has 2 saturated heterocycles. The second-order valence-electron chi connectivity index (χ2n) is 8.01. The first kappa shape index (κ1) is 20.6. The number of rotatable bonds is 5. The summed E-state index contributed by atoms with van der Waals surface area (Å²) in [4.78, 5) is 25.8. The highest BCUT2D eigenvalue weighted by Crippen LogP contribution is 2.40. The Bertz CT molecular complexity index is 759. The summed E-state index contributed by atoms with van der Waals surface area (Å²) in [7, 11) is 0. The van der Waals surface area contributed by atoms with Gasteiger partial charge in [-0.1, -0.05) is 0 Å². The molecule has 0 spiro atoms. The predicted octanol–water partition coefficient (Wildman–Crippen LogP) is 2.27. The van der Waals surface area contributed by atoms with E-state index in [4.69, 9.17) is 5.73 Å². The van der Waals surface area contributed by atoms with Crippen LogP contribution in [-0.4, -0.2) is 40.9 Å². The molecule has 5 nitrogen and oxygen atoms in total. The molecular formula is C20H26F3N3O2. The monoisotopic (exact) mass is 397 g/mol. The van der Waals surface area contributed by atoms with Crippen molar-refractivity contribution in [1.29, 1.82) is 0 Å². The molecule has 0 aromatic heterocycles. The van der Waals surface area contributed by atoms with Gasteiger partial charge in [0, 0.05) is 31.1 Å². The molecule has 28 heavy (non-hydrogen) atoms. The number of nitrogens with one attached hydrogen (secondary N) is 1. The van der Waals surface area contributed by atoms with Gasteiger partial charge < -0.3 is 16.0 Å². The van der Waals surface area contributed by atoms with Crippen LogP contribution in [0.3, 0.4) is 0 Å². The Morgan fingerprint density at radius 3 is 2.29 bits per heavy atom. The van der Waals surface area contributed by atoms with E-state index in [0.717, 1.165) is 18.9 Å². The van der Waals surface area contributed by atoms with E-state index in [-0.39, 0.29) is 41.8 Å². The Labute approximate surface area is 162 Å². The third kappa shape index (κ3) is 4.16. The third-order valence-corrected chi connectivity index (χ3v) is 5.96. The maximum Gasteiger partial charge on any atom is 0.245 e. The number of hydrogen-bond acceptors (Lipinski definition) is 3. The Morgan fingerprint density at radius 1 is 1.14 bits per heavy atom. The zero-order valence-corrected chi connectivity index (χ0v) is 16.1. The molecule has 154 valence electrons. The van der Waals surface area contributed by atoms with Gasteiger partial charge in [-0.25, -0.2) is 13.2 Å². The van der Waals surface area contributed by atoms with E-state index in [1.807, 2.05) is 4.90 Å². The highest BCUT2D eigenvalue weighted by atomic mass is 19.2. The van der Waals surface area contributed by atoms with E-state index >= 15 is 0 Å². The molecule has 0 saturated carbocycles. The van der Waals surface area contributed by atoms with Gasteiger partial charge in [0.2, 0.25) is 11.8 Å². The second-order valence-corrected chi connectivity index (χ2v) is 8.01. The lowest BCUT2D eigenvalue weighted by Gasteiger charge is -2.42. The van der Waals surface area contributed by atoms with Crippen molar-refractivity contribution in [2.75, 3.05) is 0 Å². The SMILES string of the molecule is CC(=O)N[C@H](C)C(=O)N1[C@@H]2CC[C@H]1CC([C@H](N)Cc1cc(F)c(F)cc1F)C2. The average molecular weight is 397 g/mol. The Hall–Kier alpha value is -2.09. The van der Waals surface area contributed by atoms with Crippen LogP contribution in [-0.2, 0) is 16.0 Å². The summed E-state index contributed by atoms with van der Waals surface area (Å²) in [6, 6.07) is 0.495. The molecule has 2 fully saturated rings. The molecule has 2 amide bonds. The van der Waals surface area contributed by atoms with E-state index in [9.17, 15) is 22.8 Å². The minimum Gasteiger partial charge on any atom is -0.345 e. The maximum absolute atomic E-state index is 13.9. The number of carbonyl (C=O) groups excluding carboxylic acids is 2. The second kappa shape index (κ2) is 8.11. The van der Waals surface area contributed by atoms with Crippen molar-refractivity contribution >= 4 is 11.8 Å². The van der Waals surface area contributed by atoms with Gasteiger partial charge in [0.1, 0.15) is 11.9 Å². The normalized spacial score (nSPS) is 26.1. The van der Waals surface area contributed by atoms with Gasteiger partial charge >= 0.3 is 0 Å². The highest BCUT2D eigenvalue weighted by molar-refractivity contribution is 5.87. The van der Waals surface area contributed by atoms with Gasteiger partial charge in [-0.15, -0.1) is 0 Å². The summed E-state index contributed by atoms with van der Waals surface area (Å²) in [5, 5.41) is 2.63. The number of benzene rings is 1. The minimum atomic E-state index is -1.21. The molecule has 2 bridgehead atoms. The van der Waals surface area contributed by atoms with Gasteiger partial charge in [0.05, 0.1) is 0 Å². The molecule has 2 heterocycles. The fourth-order valence-corrected chi connectivity index (χ4v) is 4.66. The van der Waals surface area contributed by atoms with Crippen molar-refractivity contribution in [3.8, 4) is 0 Å². The fraction of sp³-hybridized carbons (Fsp3) is 0.600. The summed E-state index contributed by atoms with van der Waals surface area (Å²) >= 11 is 0. The average Bonchev–Trinajstić information content (AvgIpc) is 2.87. The molecule has 0 radical (unpaired) electrons. The van der Waals surface area contributed by atoms with E-state index in [2.05, 4.69) is 5.32 Å². The molecule has 3 rings (SSSR count). The standard InChI is InChI=1S/C20H26F3N3O2/c1-10(25-11(2)27)20(28)26-14-3-4-15(26)6-13(5-14)19(24)8-12-7-17(22)18(23)9-16(12)21/h7,9-10,13-15,19H,3-6,8,24H2,1-2H3,(H,25,27)/t10-,13?,14-,15+,19-/m1/s1. The largest absolute Gasteiger partial charge is 0.345 e. The molecule has 3 N–H and O–H groups in total. The number of piperidine rings is 1. The summed E-state index contributed by atoms with van der Waals surface area (Å²) in [6.07, 6.45) is 3.21. The lowest BCUT2D eigenvalue weighted by atomic mass is 9.82. The lowest BCUT2D eigenvalue weighted by Crippen LogP contribution is -2.55. The van der Waals surface area contributed by atoms with Gasteiger partial charge in [-0.2, -0.15) is 0 Å². The Morgan fingerprint density at radius 2 is 1.71 bits per heavy atom. The summed E-state index contributed by atoms with van der Waals surface area (Å²) in [5.41, 5.74) is 6.36. The van der Waals surface area contributed by atoms with Crippen LogP contribution in [0.15, 0.2) is 12.1 Å². The van der Waals surface area contributed by atoms with E-state index in [1.54, 1.807) is 6.92 Å². The predicted molar refractivity (Wildman–Crippen MR) is 97.7 cm³/mol. The fourth-order valence-electron chi connectivity index (χ4n) is 4.66. The Balaban J connectivity index is 1.66. The summed E-state index contributed by atoms with van der Waals surface area (Å²) in [6.45, 7) is 3.05. The van der Waals surface area contributed by atoms with Crippen LogP contribution in [0.1, 0.15) is 45.1 Å². The van der Waals surface area contributed by atoms with E-state index < -0.39 is 29.5 Å². The first-order valence-electron chi connectivity index (χ1n) is 9.65. The van der Waals surface area contributed by atoms with E-state index in [0.29, 0.717) is 18.9 Å². The van der Waals surface area contributed by atoms with Gasteiger partial charge in [0.15, 0.2) is 11.6 Å². The summed E-state index contributed by atoms with van der Waals surface area (Å²) < 4.78 is 40.5. The Kier molecular flexibility index (Phi) is 5.98. The zero-order valence-electron chi connectivity index (χ0n) is 16.1. The highest BCUT2D eigenvalue weighted by Gasteiger charge is 2.45. The first-order valence-corrected chi connectivity index (χ1v) is 9.65. The van der Waals surface area contributed by atoms with Crippen molar-refractivity contribution in [2.45, 2.75) is 70.1 Å². The molecule has 2 aliphatic rings. The number of hydrogen-bond donors (Lipinski definition) is 2. The molecular weight excluding hydrogens is 371 g/mol. The lowest BCUT2D eigenvalue weighted by molar-refractivity contribution is -0.140. The van der Waals surface area contributed by atoms with Gasteiger partial charge in [-0.05, 0) is 56.6 Å². The molecule has 1 aromatic carbocycles. The smallest absolute Gasteiger partial charge is 0.245 e. The van der Waals surface area contributed by atoms with Crippen molar-refractivity contribution in [3.05, 3.63) is 35.1 Å². The van der Waals surface area contributed by atoms with Crippen LogP contribution < -0.4 is 11.1 Å². The maximum atomic E-state index is 13.9. The third-order valence-electron chi connectivity index (χ3n) is 5.96. The molecule has 1 unspecified atom stereocenters. The number of nitrogens with zero attached hydrogens (tertiary/aromatic N) is 1. The molecule has 0 aliphatic carbocycles. The number of halogens is 3. The molecule has 2 aliphatic heterocycles. The van der Waals surface area contributed by atoms with Crippen molar-refractivity contribution in [2.24, 2.45) is 11.7 Å². The molecule has 5 atom stereocenters. The number of amides is 2. The number of nitrogens with two attached hydrogens (primary N) is 1. The molecule has 1 aromatic rings. The summed E-state index contributed by atoms with van der Waals surface area (Å²) in [5.74, 6) is -3.39. The van der Waals surface area contributed by atoms with Crippen LogP contribution in [0.4, 0.5) is 13.2 Å². The van der Waals surface area contributed by atoms with Crippen LogP contribution in [0.25, 0.3) is 0 Å². The van der Waals surface area contributed by atoms with Crippen LogP contribution >= 0.6 is 0 Å². The number of fused-ring (bicyclic) bond motifs is 2. The van der Waals surface area contributed by atoms with Crippen LogP contribution in [0.2, 0.25) is 0 Å². The van der Waals surface area contributed by atoms with Crippen LogP contribution in [0, 0.1) is 23.4 Å².